The smallest absolute Gasteiger partial charge is 0.160 e. The molecule has 0 aliphatic rings. The molecule has 1 aromatic heterocycles. The zero-order valence-corrected chi connectivity index (χ0v) is 8.34. The molecule has 0 unspecified atom stereocenters. The van der Waals surface area contributed by atoms with Crippen LogP contribution in [0.2, 0.25) is 0 Å². The quantitative estimate of drug-likeness (QED) is 0.695. The molecule has 74 valence electrons. The second-order valence-electron chi connectivity index (χ2n) is 3.17. The molecular weight excluding hydrogens is 188 g/mol. The molecule has 15 heavy (non-hydrogen) atoms. The van der Waals surface area contributed by atoms with Crippen molar-refractivity contribution >= 4 is 5.78 Å². The van der Waals surface area contributed by atoms with E-state index in [1.807, 2.05) is 18.2 Å². The molecule has 0 fully saturated rings. The third kappa shape index (κ3) is 1.91. The fraction of sp³-hybridized carbons (Fsp3) is 0.0833. The van der Waals surface area contributed by atoms with Gasteiger partial charge in [0.05, 0.1) is 0 Å². The van der Waals surface area contributed by atoms with Crippen LogP contribution < -0.4 is 0 Å². The van der Waals surface area contributed by atoms with E-state index in [4.69, 9.17) is 0 Å². The van der Waals surface area contributed by atoms with Gasteiger partial charge in [0.25, 0.3) is 0 Å². The summed E-state index contributed by atoms with van der Waals surface area (Å²) in [4.78, 5) is 19.6. The van der Waals surface area contributed by atoms with Crippen LogP contribution in [0.15, 0.2) is 42.7 Å². The highest BCUT2D eigenvalue weighted by atomic mass is 16.1. The summed E-state index contributed by atoms with van der Waals surface area (Å²) in [6.45, 7) is 1.54. The summed E-state index contributed by atoms with van der Waals surface area (Å²) < 4.78 is 0. The molecule has 0 spiro atoms. The van der Waals surface area contributed by atoms with E-state index in [1.165, 1.54) is 0 Å². The topological polar surface area (TPSA) is 42.9 Å². The Balaban J connectivity index is 2.58. The molecule has 3 heteroatoms. The molecule has 0 N–H and O–H groups in total. The highest BCUT2D eigenvalue weighted by molar-refractivity contribution is 5.99. The lowest BCUT2D eigenvalue weighted by Gasteiger charge is -2.03. The van der Waals surface area contributed by atoms with Gasteiger partial charge >= 0.3 is 0 Å². The molecule has 3 nitrogen and oxygen atoms in total. The molecule has 0 bridgehead atoms. The van der Waals surface area contributed by atoms with Gasteiger partial charge in [-0.15, -0.1) is 0 Å². The number of carbonyl (C=O) groups is 1. The highest BCUT2D eigenvalue weighted by Gasteiger charge is 2.09. The van der Waals surface area contributed by atoms with Gasteiger partial charge in [-0.1, -0.05) is 24.3 Å². The maximum Gasteiger partial charge on any atom is 0.160 e. The van der Waals surface area contributed by atoms with Crippen molar-refractivity contribution in [2.75, 3.05) is 0 Å². The number of Topliss-reactive ketones (excluding diaryl/α,β-unsaturated/α-hetero) is 1. The lowest BCUT2D eigenvalue weighted by molar-refractivity contribution is 0.101. The summed E-state index contributed by atoms with van der Waals surface area (Å²) >= 11 is 0. The number of benzene rings is 1. The number of aromatic nitrogens is 2. The number of rotatable bonds is 2. The van der Waals surface area contributed by atoms with Crippen molar-refractivity contribution < 1.29 is 4.79 Å². The minimum atomic E-state index is 0.0260. The summed E-state index contributed by atoms with van der Waals surface area (Å²) in [6.07, 6.45) is 3.33. The maximum absolute atomic E-state index is 11.4. The monoisotopic (exact) mass is 198 g/mol. The number of hydrogen-bond donors (Lipinski definition) is 0. The van der Waals surface area contributed by atoms with E-state index in [9.17, 15) is 4.79 Å². The van der Waals surface area contributed by atoms with Crippen LogP contribution >= 0.6 is 0 Å². The first-order valence-electron chi connectivity index (χ1n) is 4.66. The van der Waals surface area contributed by atoms with E-state index >= 15 is 0 Å². The zero-order valence-electron chi connectivity index (χ0n) is 8.34. The van der Waals surface area contributed by atoms with Crippen molar-refractivity contribution in [3.63, 3.8) is 0 Å². The molecule has 0 atom stereocenters. The number of ketones is 1. The fourth-order valence-electron chi connectivity index (χ4n) is 1.42. The molecule has 2 aromatic rings. The van der Waals surface area contributed by atoms with E-state index in [0.717, 1.165) is 5.56 Å². The molecule has 2 rings (SSSR count). The molecule has 1 heterocycles. The predicted molar refractivity (Wildman–Crippen MR) is 57.5 cm³/mol. The van der Waals surface area contributed by atoms with Gasteiger partial charge in [0, 0.05) is 23.5 Å². The van der Waals surface area contributed by atoms with Crippen LogP contribution in [0.5, 0.6) is 0 Å². The normalized spacial score (nSPS) is 9.93. The molecule has 0 aliphatic heterocycles. The minimum absolute atomic E-state index is 0.0260. The average Bonchev–Trinajstić information content (AvgIpc) is 2.30. The van der Waals surface area contributed by atoms with Crippen LogP contribution in [-0.2, 0) is 0 Å². The second-order valence-corrected chi connectivity index (χ2v) is 3.17. The van der Waals surface area contributed by atoms with Gasteiger partial charge in [-0.2, -0.15) is 0 Å². The Morgan fingerprint density at radius 1 is 1.07 bits per heavy atom. The fourth-order valence-corrected chi connectivity index (χ4v) is 1.42. The van der Waals surface area contributed by atoms with E-state index in [-0.39, 0.29) is 5.78 Å². The van der Waals surface area contributed by atoms with Gasteiger partial charge < -0.3 is 0 Å². The largest absolute Gasteiger partial charge is 0.294 e. The SMILES string of the molecule is CC(=O)c1ccccc1-c1ncccn1. The highest BCUT2D eigenvalue weighted by Crippen LogP contribution is 2.19. The Morgan fingerprint density at radius 2 is 1.73 bits per heavy atom. The number of carbonyl (C=O) groups excluding carboxylic acids is 1. The van der Waals surface area contributed by atoms with Crippen molar-refractivity contribution in [1.29, 1.82) is 0 Å². The van der Waals surface area contributed by atoms with E-state index in [2.05, 4.69) is 9.97 Å². The Labute approximate surface area is 87.8 Å². The molecular formula is C12H10N2O. The molecule has 0 saturated carbocycles. The van der Waals surface area contributed by atoms with Crippen molar-refractivity contribution in [3.8, 4) is 11.4 Å². The first-order chi connectivity index (χ1) is 7.29. The Kier molecular flexibility index (Phi) is 2.54. The van der Waals surface area contributed by atoms with Crippen molar-refractivity contribution in [2.45, 2.75) is 6.92 Å². The third-order valence-electron chi connectivity index (χ3n) is 2.11. The third-order valence-corrected chi connectivity index (χ3v) is 2.11. The first kappa shape index (κ1) is 9.52. The zero-order chi connectivity index (χ0) is 10.7. The van der Waals surface area contributed by atoms with Gasteiger partial charge in [-0.05, 0) is 13.0 Å². The van der Waals surface area contributed by atoms with Crippen LogP contribution in [0.3, 0.4) is 0 Å². The van der Waals surface area contributed by atoms with Gasteiger partial charge in [-0.25, -0.2) is 9.97 Å². The predicted octanol–water partition coefficient (Wildman–Crippen LogP) is 2.35. The van der Waals surface area contributed by atoms with Crippen LogP contribution in [0.25, 0.3) is 11.4 Å². The Morgan fingerprint density at radius 3 is 2.40 bits per heavy atom. The molecule has 0 saturated heterocycles. The Hall–Kier alpha value is -2.03. The maximum atomic E-state index is 11.4. The molecule has 0 radical (unpaired) electrons. The van der Waals surface area contributed by atoms with Crippen LogP contribution in [0, 0.1) is 0 Å². The van der Waals surface area contributed by atoms with Crippen LogP contribution in [0.4, 0.5) is 0 Å². The average molecular weight is 198 g/mol. The summed E-state index contributed by atoms with van der Waals surface area (Å²) in [6, 6.07) is 9.10. The van der Waals surface area contributed by atoms with Gasteiger partial charge in [0.1, 0.15) is 0 Å². The standard InChI is InChI=1S/C12H10N2O/c1-9(15)10-5-2-3-6-11(10)12-13-7-4-8-14-12/h2-8H,1H3. The molecule has 0 amide bonds. The lowest BCUT2D eigenvalue weighted by atomic mass is 10.0. The van der Waals surface area contributed by atoms with E-state index < -0.39 is 0 Å². The Bertz CT molecular complexity index is 480. The minimum Gasteiger partial charge on any atom is -0.294 e. The first-order valence-corrected chi connectivity index (χ1v) is 4.66. The van der Waals surface area contributed by atoms with Crippen molar-refractivity contribution in [1.82, 2.24) is 9.97 Å². The van der Waals surface area contributed by atoms with Crippen molar-refractivity contribution in [3.05, 3.63) is 48.3 Å². The summed E-state index contributed by atoms with van der Waals surface area (Å²) in [5.41, 5.74) is 1.44. The lowest BCUT2D eigenvalue weighted by Crippen LogP contribution is -1.97. The molecule has 1 aromatic carbocycles. The van der Waals surface area contributed by atoms with Gasteiger partial charge in [-0.3, -0.25) is 4.79 Å². The van der Waals surface area contributed by atoms with Gasteiger partial charge in [0.15, 0.2) is 11.6 Å². The molecule has 0 aliphatic carbocycles. The second kappa shape index (κ2) is 4.00. The summed E-state index contributed by atoms with van der Waals surface area (Å²) in [5, 5.41) is 0. The van der Waals surface area contributed by atoms with Crippen molar-refractivity contribution in [2.24, 2.45) is 0 Å². The van der Waals surface area contributed by atoms with Gasteiger partial charge in [0.2, 0.25) is 0 Å². The number of nitrogens with zero attached hydrogens (tertiary/aromatic N) is 2. The van der Waals surface area contributed by atoms with Crippen LogP contribution in [-0.4, -0.2) is 15.8 Å². The van der Waals surface area contributed by atoms with E-state index in [1.54, 1.807) is 31.5 Å². The van der Waals surface area contributed by atoms with E-state index in [0.29, 0.717) is 11.4 Å². The van der Waals surface area contributed by atoms with Crippen LogP contribution in [0.1, 0.15) is 17.3 Å². The summed E-state index contributed by atoms with van der Waals surface area (Å²) in [5.74, 6) is 0.612. The summed E-state index contributed by atoms with van der Waals surface area (Å²) in [7, 11) is 0. The number of hydrogen-bond acceptors (Lipinski definition) is 3.